The first-order chi connectivity index (χ1) is 6.20. The molecule has 0 bridgehead atoms. The van der Waals surface area contributed by atoms with Gasteiger partial charge in [-0.15, -0.1) is 11.3 Å². The number of rotatable bonds is 1. The number of thiophene rings is 1. The summed E-state index contributed by atoms with van der Waals surface area (Å²) in [6.45, 7) is 0. The highest BCUT2D eigenvalue weighted by Gasteiger charge is 2.23. The summed E-state index contributed by atoms with van der Waals surface area (Å²) in [6.07, 6.45) is 0.918. The van der Waals surface area contributed by atoms with Gasteiger partial charge in [-0.1, -0.05) is 0 Å². The van der Waals surface area contributed by atoms with Crippen LogP contribution in [0.2, 0.25) is 0 Å². The quantitative estimate of drug-likeness (QED) is 0.807. The van der Waals surface area contributed by atoms with Crippen LogP contribution in [0.5, 0.6) is 0 Å². The predicted octanol–water partition coefficient (Wildman–Crippen LogP) is 2.84. The summed E-state index contributed by atoms with van der Waals surface area (Å²) in [5, 5.41) is 9.01. The molecule has 13 heavy (non-hydrogen) atoms. The molecular formula is C8H7IO2S2. The van der Waals surface area contributed by atoms with Gasteiger partial charge in [0.15, 0.2) is 0 Å². The summed E-state index contributed by atoms with van der Waals surface area (Å²) in [5.74, 6) is 1.28. The fraction of sp³-hybridized carbons (Fsp3) is 0.375. The van der Waals surface area contributed by atoms with Crippen LogP contribution in [0.15, 0.2) is 0 Å². The van der Waals surface area contributed by atoms with Crippen molar-refractivity contribution in [3.8, 4) is 0 Å². The standard InChI is InChI=1S/C8H7IO2S2/c9-7-6(8(10)11)4-1-2-12-3-5(4)13-7/h1-3H2,(H,10,11). The number of fused-ring (bicyclic) bond motifs is 1. The molecule has 0 spiro atoms. The Morgan fingerprint density at radius 1 is 1.54 bits per heavy atom. The van der Waals surface area contributed by atoms with Crippen molar-refractivity contribution in [2.75, 3.05) is 5.75 Å². The zero-order valence-electron chi connectivity index (χ0n) is 6.67. The van der Waals surface area contributed by atoms with Crippen LogP contribution in [0, 0.1) is 2.88 Å². The molecule has 1 aliphatic rings. The molecular weight excluding hydrogens is 319 g/mol. The van der Waals surface area contributed by atoms with E-state index in [4.69, 9.17) is 5.11 Å². The average Bonchev–Trinajstić information content (AvgIpc) is 2.39. The van der Waals surface area contributed by atoms with Gasteiger partial charge < -0.3 is 5.11 Å². The molecule has 2 nitrogen and oxygen atoms in total. The lowest BCUT2D eigenvalue weighted by molar-refractivity contribution is 0.0695. The molecule has 0 atom stereocenters. The number of carboxylic acids is 1. The summed E-state index contributed by atoms with van der Waals surface area (Å²) in [4.78, 5) is 12.2. The summed E-state index contributed by atoms with van der Waals surface area (Å²) in [6, 6.07) is 0. The third-order valence-corrected chi connectivity index (χ3v) is 5.38. The zero-order chi connectivity index (χ0) is 9.42. The van der Waals surface area contributed by atoms with Crippen molar-refractivity contribution in [2.24, 2.45) is 0 Å². The van der Waals surface area contributed by atoms with Gasteiger partial charge >= 0.3 is 5.97 Å². The van der Waals surface area contributed by atoms with Gasteiger partial charge in [0.2, 0.25) is 0 Å². The normalized spacial score (nSPS) is 15.5. The summed E-state index contributed by atoms with van der Waals surface area (Å²) in [7, 11) is 0. The topological polar surface area (TPSA) is 37.3 Å². The maximum atomic E-state index is 10.9. The van der Waals surface area contributed by atoms with Crippen LogP contribution >= 0.6 is 45.7 Å². The van der Waals surface area contributed by atoms with Gasteiger partial charge in [0.25, 0.3) is 0 Å². The monoisotopic (exact) mass is 326 g/mol. The molecule has 0 saturated heterocycles. The molecule has 0 aliphatic carbocycles. The Hall–Kier alpha value is 0.250. The van der Waals surface area contributed by atoms with Gasteiger partial charge in [0.1, 0.15) is 0 Å². The van der Waals surface area contributed by atoms with E-state index in [1.54, 1.807) is 11.3 Å². The molecule has 0 unspecified atom stereocenters. The maximum Gasteiger partial charge on any atom is 0.337 e. The Balaban J connectivity index is 2.54. The second kappa shape index (κ2) is 3.78. The van der Waals surface area contributed by atoms with Crippen molar-refractivity contribution < 1.29 is 9.90 Å². The van der Waals surface area contributed by atoms with Crippen molar-refractivity contribution in [3.05, 3.63) is 18.9 Å². The Labute approximate surface area is 97.9 Å². The molecule has 0 radical (unpaired) electrons. The van der Waals surface area contributed by atoms with E-state index in [9.17, 15) is 4.79 Å². The van der Waals surface area contributed by atoms with E-state index >= 15 is 0 Å². The lowest BCUT2D eigenvalue weighted by Crippen LogP contribution is -2.06. The highest BCUT2D eigenvalue weighted by molar-refractivity contribution is 14.1. The molecule has 2 rings (SSSR count). The van der Waals surface area contributed by atoms with Crippen molar-refractivity contribution in [1.29, 1.82) is 0 Å². The lowest BCUT2D eigenvalue weighted by atomic mass is 10.1. The van der Waals surface area contributed by atoms with Gasteiger partial charge in [-0.3, -0.25) is 0 Å². The fourth-order valence-corrected chi connectivity index (χ4v) is 4.96. The fourth-order valence-electron chi connectivity index (χ4n) is 1.41. The zero-order valence-corrected chi connectivity index (χ0v) is 10.5. The average molecular weight is 326 g/mol. The lowest BCUT2D eigenvalue weighted by Gasteiger charge is -2.10. The summed E-state index contributed by atoms with van der Waals surface area (Å²) >= 11 is 5.64. The Bertz CT molecular complexity index is 359. The number of hydrogen-bond donors (Lipinski definition) is 1. The number of thioether (sulfide) groups is 1. The number of aromatic carboxylic acids is 1. The third-order valence-electron chi connectivity index (χ3n) is 1.99. The molecule has 1 N–H and O–H groups in total. The molecule has 70 valence electrons. The molecule has 2 heterocycles. The summed E-state index contributed by atoms with van der Waals surface area (Å²) in [5.41, 5.74) is 1.64. The van der Waals surface area contributed by atoms with E-state index in [1.165, 1.54) is 4.88 Å². The maximum absolute atomic E-state index is 10.9. The van der Waals surface area contributed by atoms with Crippen LogP contribution in [0.1, 0.15) is 20.8 Å². The smallest absolute Gasteiger partial charge is 0.337 e. The Morgan fingerprint density at radius 2 is 2.31 bits per heavy atom. The first-order valence-electron chi connectivity index (χ1n) is 3.81. The van der Waals surface area contributed by atoms with Crippen LogP contribution in [-0.4, -0.2) is 16.8 Å². The Morgan fingerprint density at radius 3 is 3.00 bits per heavy atom. The second-order valence-electron chi connectivity index (χ2n) is 2.76. The first kappa shape index (κ1) is 9.79. The highest BCUT2D eigenvalue weighted by atomic mass is 127. The third kappa shape index (κ3) is 1.73. The van der Waals surface area contributed by atoms with Gasteiger partial charge in [0, 0.05) is 10.6 Å². The molecule has 1 aromatic heterocycles. The van der Waals surface area contributed by atoms with E-state index in [0.717, 1.165) is 26.4 Å². The molecule has 0 amide bonds. The molecule has 5 heteroatoms. The van der Waals surface area contributed by atoms with Crippen LogP contribution in [-0.2, 0) is 12.2 Å². The van der Waals surface area contributed by atoms with Crippen molar-refractivity contribution in [3.63, 3.8) is 0 Å². The minimum atomic E-state index is -0.770. The van der Waals surface area contributed by atoms with Crippen LogP contribution in [0.4, 0.5) is 0 Å². The number of halogens is 1. The van der Waals surface area contributed by atoms with E-state index in [-0.39, 0.29) is 0 Å². The molecule has 0 saturated carbocycles. The van der Waals surface area contributed by atoms with Gasteiger partial charge in [0.05, 0.1) is 8.45 Å². The first-order valence-corrected chi connectivity index (χ1v) is 6.86. The molecule has 1 aliphatic heterocycles. The largest absolute Gasteiger partial charge is 0.478 e. The predicted molar refractivity (Wildman–Crippen MR) is 63.9 cm³/mol. The molecule has 1 aromatic rings. The van der Waals surface area contributed by atoms with Crippen LogP contribution in [0.25, 0.3) is 0 Å². The van der Waals surface area contributed by atoms with Gasteiger partial charge in [-0.05, 0) is 40.3 Å². The van der Waals surface area contributed by atoms with E-state index in [2.05, 4.69) is 22.6 Å². The van der Waals surface area contributed by atoms with Crippen molar-refractivity contribution >= 4 is 51.7 Å². The number of carboxylic acid groups (broad SMARTS) is 1. The summed E-state index contributed by atoms with van der Waals surface area (Å²) < 4.78 is 0.928. The minimum absolute atomic E-state index is 0.556. The minimum Gasteiger partial charge on any atom is -0.478 e. The SMILES string of the molecule is O=C(O)c1c(I)sc2c1CCSC2. The van der Waals surface area contributed by atoms with Crippen molar-refractivity contribution in [2.45, 2.75) is 12.2 Å². The highest BCUT2D eigenvalue weighted by Crippen LogP contribution is 2.36. The second-order valence-corrected chi connectivity index (χ2v) is 6.78. The van der Waals surface area contributed by atoms with Gasteiger partial charge in [-0.2, -0.15) is 11.8 Å². The van der Waals surface area contributed by atoms with Gasteiger partial charge in [-0.25, -0.2) is 4.79 Å². The van der Waals surface area contributed by atoms with E-state index in [0.29, 0.717) is 5.56 Å². The number of carbonyl (C=O) groups is 1. The molecule has 0 aromatic carbocycles. The molecule has 0 fully saturated rings. The van der Waals surface area contributed by atoms with Crippen LogP contribution in [0.3, 0.4) is 0 Å². The Kier molecular flexibility index (Phi) is 2.85. The van der Waals surface area contributed by atoms with E-state index < -0.39 is 5.97 Å². The van der Waals surface area contributed by atoms with Crippen molar-refractivity contribution in [1.82, 2.24) is 0 Å². The number of hydrogen-bond acceptors (Lipinski definition) is 3. The van der Waals surface area contributed by atoms with E-state index in [1.807, 2.05) is 11.8 Å². The van der Waals surface area contributed by atoms with Crippen LogP contribution < -0.4 is 0 Å².